The van der Waals surface area contributed by atoms with Gasteiger partial charge in [-0.15, -0.1) is 11.3 Å². The Bertz CT molecular complexity index is 1550. The van der Waals surface area contributed by atoms with Crippen LogP contribution in [0.15, 0.2) is 29.2 Å². The van der Waals surface area contributed by atoms with Crippen molar-refractivity contribution in [1.82, 2.24) is 19.7 Å². The highest BCUT2D eigenvalue weighted by molar-refractivity contribution is 7.92. The number of carbonyl (C=O) groups is 1. The number of sulfone groups is 1. The molecule has 3 aromatic rings. The fourth-order valence-corrected chi connectivity index (χ4v) is 8.54. The molecule has 3 aliphatic rings. The summed E-state index contributed by atoms with van der Waals surface area (Å²) in [6.07, 6.45) is 5.34. The van der Waals surface area contributed by atoms with Gasteiger partial charge in [0.1, 0.15) is 10.6 Å². The fourth-order valence-electron chi connectivity index (χ4n) is 5.46. The van der Waals surface area contributed by atoms with E-state index in [9.17, 15) is 13.2 Å². The molecule has 2 fully saturated rings. The maximum atomic E-state index is 13.6. The summed E-state index contributed by atoms with van der Waals surface area (Å²) < 4.78 is 40.7. The second kappa shape index (κ2) is 11.3. The molecule has 12 heteroatoms. The number of thiazole rings is 1. The van der Waals surface area contributed by atoms with E-state index in [4.69, 9.17) is 19.6 Å². The lowest BCUT2D eigenvalue weighted by Crippen LogP contribution is -2.38. The van der Waals surface area contributed by atoms with E-state index in [1.165, 1.54) is 11.3 Å². The van der Waals surface area contributed by atoms with E-state index < -0.39 is 15.4 Å². The van der Waals surface area contributed by atoms with Crippen molar-refractivity contribution in [3.05, 3.63) is 40.5 Å². The van der Waals surface area contributed by atoms with Gasteiger partial charge < -0.3 is 19.7 Å². The summed E-state index contributed by atoms with van der Waals surface area (Å²) in [5.74, 6) is 0.652. The average Bonchev–Trinajstić information content (AvgIpc) is 3.68. The largest absolute Gasteiger partial charge is 0.444 e. The van der Waals surface area contributed by atoms with E-state index in [0.717, 1.165) is 42.1 Å². The van der Waals surface area contributed by atoms with Crippen molar-refractivity contribution >= 4 is 38.8 Å². The highest BCUT2D eigenvalue weighted by Crippen LogP contribution is 2.41. The lowest BCUT2D eigenvalue weighted by atomic mass is 10.2. The lowest BCUT2D eigenvalue weighted by molar-refractivity contribution is -0.0404. The second-order valence-corrected chi connectivity index (χ2v) is 15.7. The van der Waals surface area contributed by atoms with Crippen LogP contribution in [0.25, 0.3) is 10.6 Å². The van der Waals surface area contributed by atoms with Gasteiger partial charge in [-0.2, -0.15) is 5.10 Å². The van der Waals surface area contributed by atoms with Crippen molar-refractivity contribution in [2.45, 2.75) is 94.6 Å². The fraction of sp³-hybridized carbons (Fsp3) is 0.567. The van der Waals surface area contributed by atoms with Gasteiger partial charge in [-0.1, -0.05) is 0 Å². The Labute approximate surface area is 251 Å². The van der Waals surface area contributed by atoms with Crippen molar-refractivity contribution in [2.75, 3.05) is 25.0 Å². The van der Waals surface area contributed by atoms with Gasteiger partial charge in [0.2, 0.25) is 0 Å². The molecule has 1 amide bonds. The normalized spacial score (nSPS) is 19.7. The van der Waals surface area contributed by atoms with Gasteiger partial charge >= 0.3 is 6.09 Å². The van der Waals surface area contributed by atoms with Crippen LogP contribution < -0.4 is 5.32 Å². The molecule has 0 bridgehead atoms. The molecular weight excluding hydrogens is 574 g/mol. The first-order valence-corrected chi connectivity index (χ1v) is 17.1. The number of nitrogens with zero attached hydrogens (tertiary/aromatic N) is 4. The van der Waals surface area contributed by atoms with Crippen LogP contribution >= 0.6 is 11.3 Å². The van der Waals surface area contributed by atoms with Gasteiger partial charge in [-0.3, -0.25) is 0 Å². The first kappa shape index (κ1) is 29.1. The highest BCUT2D eigenvalue weighted by Gasteiger charge is 2.39. The van der Waals surface area contributed by atoms with Gasteiger partial charge in [0.15, 0.2) is 21.9 Å². The van der Waals surface area contributed by atoms with E-state index in [1.807, 2.05) is 50.6 Å². The van der Waals surface area contributed by atoms with Gasteiger partial charge in [0.25, 0.3) is 0 Å². The summed E-state index contributed by atoms with van der Waals surface area (Å²) in [6.45, 7) is 9.38. The number of nitrogens with one attached hydrogen (secondary N) is 1. The zero-order chi connectivity index (χ0) is 29.6. The summed E-state index contributed by atoms with van der Waals surface area (Å²) in [4.78, 5) is 20.6. The number of hydrogen-bond acceptors (Lipinski definition) is 9. The van der Waals surface area contributed by atoms with E-state index in [-0.39, 0.29) is 17.6 Å². The summed E-state index contributed by atoms with van der Waals surface area (Å²) in [7, 11) is -3.51. The molecule has 6 rings (SSSR count). The Kier molecular flexibility index (Phi) is 7.82. The number of ether oxygens (including phenoxy) is 2. The zero-order valence-electron chi connectivity index (χ0n) is 24.7. The summed E-state index contributed by atoms with van der Waals surface area (Å²) in [5, 5.41) is 8.40. The molecule has 0 spiro atoms. The van der Waals surface area contributed by atoms with Gasteiger partial charge in [-0.25, -0.2) is 22.9 Å². The standard InChI is InChI=1S/C30H39N5O5S2/c1-19-17-26(33-35(19)27-7-5-6-16-39-27)31-20-8-11-22(25(18-20)42(37,38)21-9-10-21)28-32-23-12-14-34(15-13-24(23)41-28)29(36)40-30(2,3)4/h8,11,17-18,21,27H,5-7,9-10,12-16H2,1-4H3,(H,31,33). The molecule has 226 valence electrons. The summed E-state index contributed by atoms with van der Waals surface area (Å²) >= 11 is 1.52. The predicted octanol–water partition coefficient (Wildman–Crippen LogP) is 6.03. The quantitative estimate of drug-likeness (QED) is 0.358. The molecule has 10 nitrogen and oxygen atoms in total. The number of hydrogen-bond donors (Lipinski definition) is 1. The smallest absolute Gasteiger partial charge is 0.410 e. The third-order valence-electron chi connectivity index (χ3n) is 7.76. The molecule has 1 saturated heterocycles. The van der Waals surface area contributed by atoms with Crippen molar-refractivity contribution in [3.8, 4) is 10.6 Å². The van der Waals surface area contributed by atoms with Crippen LogP contribution in [0, 0.1) is 6.92 Å². The lowest BCUT2D eigenvalue weighted by Gasteiger charge is -2.26. The van der Waals surface area contributed by atoms with Crippen LogP contribution in [0.2, 0.25) is 0 Å². The van der Waals surface area contributed by atoms with Crippen LogP contribution in [0.4, 0.5) is 16.3 Å². The maximum Gasteiger partial charge on any atom is 0.410 e. The van der Waals surface area contributed by atoms with Gasteiger partial charge in [0, 0.05) is 60.4 Å². The third kappa shape index (κ3) is 6.21. The number of anilines is 2. The van der Waals surface area contributed by atoms with Crippen LogP contribution in [0.1, 0.15) is 75.4 Å². The van der Waals surface area contributed by atoms with E-state index in [2.05, 4.69) is 5.32 Å². The Morgan fingerprint density at radius 2 is 1.90 bits per heavy atom. The number of aryl methyl sites for hydroxylation is 1. The number of rotatable bonds is 6. The van der Waals surface area contributed by atoms with Crippen molar-refractivity contribution in [1.29, 1.82) is 0 Å². The molecular formula is C30H39N5O5S2. The number of carbonyl (C=O) groups excluding carboxylic acids is 1. The van der Waals surface area contributed by atoms with E-state index in [1.54, 1.807) is 11.0 Å². The molecule has 1 unspecified atom stereocenters. The SMILES string of the molecule is Cc1cc(Nc2ccc(-c3nc4c(s3)CCN(C(=O)OC(C)(C)C)CC4)c(S(=O)(=O)C3CC3)c2)nn1C1CCCCO1. The Balaban J connectivity index is 1.25. The molecule has 1 N–H and O–H groups in total. The van der Waals surface area contributed by atoms with Crippen LogP contribution in [-0.2, 0) is 32.2 Å². The molecule has 1 aromatic carbocycles. The van der Waals surface area contributed by atoms with E-state index >= 15 is 0 Å². The molecule has 2 aromatic heterocycles. The number of aromatic nitrogens is 3. The topological polar surface area (TPSA) is 116 Å². The Morgan fingerprint density at radius 1 is 1.12 bits per heavy atom. The maximum absolute atomic E-state index is 13.6. The molecule has 1 aliphatic carbocycles. The van der Waals surface area contributed by atoms with Gasteiger partial charge in [0.05, 0.1) is 15.8 Å². The molecule has 1 saturated carbocycles. The van der Waals surface area contributed by atoms with Crippen LogP contribution in [0.5, 0.6) is 0 Å². The predicted molar refractivity (Wildman–Crippen MR) is 162 cm³/mol. The summed E-state index contributed by atoms with van der Waals surface area (Å²) in [6, 6.07) is 7.44. The molecule has 1 atom stereocenters. The number of benzene rings is 1. The second-order valence-electron chi connectivity index (χ2n) is 12.4. The molecule has 2 aliphatic heterocycles. The van der Waals surface area contributed by atoms with E-state index in [0.29, 0.717) is 65.7 Å². The molecule has 0 radical (unpaired) electrons. The van der Waals surface area contributed by atoms with Gasteiger partial charge in [-0.05, 0) is 78.0 Å². The minimum Gasteiger partial charge on any atom is -0.444 e. The number of amides is 1. The molecule has 4 heterocycles. The first-order chi connectivity index (χ1) is 20.0. The number of fused-ring (bicyclic) bond motifs is 1. The van der Waals surface area contributed by atoms with Crippen LogP contribution in [-0.4, -0.2) is 64.7 Å². The first-order valence-electron chi connectivity index (χ1n) is 14.8. The highest BCUT2D eigenvalue weighted by atomic mass is 32.2. The third-order valence-corrected chi connectivity index (χ3v) is 11.3. The monoisotopic (exact) mass is 613 g/mol. The van der Waals surface area contributed by atoms with Crippen LogP contribution in [0.3, 0.4) is 0 Å². The Morgan fingerprint density at radius 3 is 2.62 bits per heavy atom. The minimum absolute atomic E-state index is 0.0705. The van der Waals surface area contributed by atoms with Crippen molar-refractivity contribution in [3.63, 3.8) is 0 Å². The summed E-state index contributed by atoms with van der Waals surface area (Å²) in [5.41, 5.74) is 2.66. The minimum atomic E-state index is -3.51. The Hall–Kier alpha value is -2.96. The zero-order valence-corrected chi connectivity index (χ0v) is 26.3. The average molecular weight is 614 g/mol. The molecule has 42 heavy (non-hydrogen) atoms. The van der Waals surface area contributed by atoms with Crippen molar-refractivity contribution < 1.29 is 22.7 Å². The van der Waals surface area contributed by atoms with Crippen molar-refractivity contribution in [2.24, 2.45) is 0 Å².